The predicted molar refractivity (Wildman–Crippen MR) is 77.8 cm³/mol. The summed E-state index contributed by atoms with van der Waals surface area (Å²) in [5, 5.41) is 13.2. The van der Waals surface area contributed by atoms with Crippen LogP contribution >= 0.6 is 0 Å². The van der Waals surface area contributed by atoms with E-state index in [4.69, 9.17) is 0 Å². The molecule has 0 aromatic carbocycles. The molecule has 0 unspecified atom stereocenters. The maximum absolute atomic E-state index is 9.57. The fourth-order valence-electron chi connectivity index (χ4n) is 2.74. The molecule has 0 saturated carbocycles. The SMILES string of the molecule is CCC(CC)(CO)CNCC1(C)CCN(C)CC1. The number of nitrogens with zero attached hydrogens (tertiary/aromatic N) is 1. The summed E-state index contributed by atoms with van der Waals surface area (Å²) in [4.78, 5) is 2.41. The van der Waals surface area contributed by atoms with Crippen molar-refractivity contribution in [2.75, 3.05) is 39.8 Å². The molecule has 0 radical (unpaired) electrons. The summed E-state index contributed by atoms with van der Waals surface area (Å²) in [6.45, 7) is 11.5. The second-order valence-corrected chi connectivity index (χ2v) is 6.58. The molecule has 3 nitrogen and oxygen atoms in total. The van der Waals surface area contributed by atoms with E-state index in [1.54, 1.807) is 0 Å². The predicted octanol–water partition coefficient (Wildman–Crippen LogP) is 2.11. The first-order chi connectivity index (χ1) is 8.49. The van der Waals surface area contributed by atoms with Gasteiger partial charge in [-0.25, -0.2) is 0 Å². The van der Waals surface area contributed by atoms with Gasteiger partial charge in [-0.3, -0.25) is 0 Å². The highest BCUT2D eigenvalue weighted by Gasteiger charge is 2.30. The van der Waals surface area contributed by atoms with Crippen molar-refractivity contribution in [1.29, 1.82) is 0 Å². The summed E-state index contributed by atoms with van der Waals surface area (Å²) in [6, 6.07) is 0. The van der Waals surface area contributed by atoms with Crippen molar-refractivity contribution in [3.05, 3.63) is 0 Å². The molecular weight excluding hydrogens is 224 g/mol. The van der Waals surface area contributed by atoms with E-state index in [1.165, 1.54) is 25.9 Å². The Morgan fingerprint density at radius 1 is 1.22 bits per heavy atom. The third-order valence-electron chi connectivity index (χ3n) is 5.08. The molecule has 1 aliphatic heterocycles. The van der Waals surface area contributed by atoms with Crippen molar-refractivity contribution >= 4 is 0 Å². The monoisotopic (exact) mass is 256 g/mol. The lowest BCUT2D eigenvalue weighted by Crippen LogP contribution is -2.45. The first-order valence-electron chi connectivity index (χ1n) is 7.49. The quantitative estimate of drug-likeness (QED) is 0.732. The average molecular weight is 256 g/mol. The van der Waals surface area contributed by atoms with Crippen LogP contribution in [0, 0.1) is 10.8 Å². The van der Waals surface area contributed by atoms with Crippen LogP contribution in [0.4, 0.5) is 0 Å². The summed E-state index contributed by atoms with van der Waals surface area (Å²) in [7, 11) is 2.21. The second kappa shape index (κ2) is 6.88. The molecule has 0 spiro atoms. The Balaban J connectivity index is 2.36. The summed E-state index contributed by atoms with van der Waals surface area (Å²) in [5.74, 6) is 0. The molecule has 0 amide bonds. The molecule has 1 rings (SSSR count). The molecule has 1 saturated heterocycles. The van der Waals surface area contributed by atoms with Crippen molar-refractivity contribution in [3.8, 4) is 0 Å². The van der Waals surface area contributed by atoms with E-state index in [1.807, 2.05) is 0 Å². The van der Waals surface area contributed by atoms with Crippen molar-refractivity contribution < 1.29 is 5.11 Å². The minimum absolute atomic E-state index is 0.0851. The van der Waals surface area contributed by atoms with Crippen LogP contribution < -0.4 is 5.32 Å². The Morgan fingerprint density at radius 3 is 2.22 bits per heavy atom. The van der Waals surface area contributed by atoms with Gasteiger partial charge in [0.15, 0.2) is 0 Å². The molecule has 3 heteroatoms. The fourth-order valence-corrected chi connectivity index (χ4v) is 2.74. The van der Waals surface area contributed by atoms with Gasteiger partial charge in [0.1, 0.15) is 0 Å². The standard InChI is InChI=1S/C15H32N2O/c1-5-15(6-2,13-18)12-16-11-14(3)7-9-17(4)10-8-14/h16,18H,5-13H2,1-4H3. The number of nitrogens with one attached hydrogen (secondary N) is 1. The van der Waals surface area contributed by atoms with E-state index < -0.39 is 0 Å². The second-order valence-electron chi connectivity index (χ2n) is 6.58. The van der Waals surface area contributed by atoms with Gasteiger partial charge in [-0.05, 0) is 51.2 Å². The van der Waals surface area contributed by atoms with Crippen molar-refractivity contribution in [2.45, 2.75) is 46.5 Å². The number of hydrogen-bond acceptors (Lipinski definition) is 3. The van der Waals surface area contributed by atoms with Crippen LogP contribution in [-0.4, -0.2) is 49.8 Å². The summed E-state index contributed by atoms with van der Waals surface area (Å²) in [6.07, 6.45) is 4.65. The van der Waals surface area contributed by atoms with Gasteiger partial charge < -0.3 is 15.3 Å². The zero-order chi connectivity index (χ0) is 13.6. The summed E-state index contributed by atoms with van der Waals surface area (Å²) < 4.78 is 0. The van der Waals surface area contributed by atoms with Crippen molar-refractivity contribution in [1.82, 2.24) is 10.2 Å². The van der Waals surface area contributed by atoms with E-state index >= 15 is 0 Å². The van der Waals surface area contributed by atoms with Gasteiger partial charge >= 0.3 is 0 Å². The molecule has 0 aliphatic carbocycles. The van der Waals surface area contributed by atoms with Crippen LogP contribution in [0.25, 0.3) is 0 Å². The van der Waals surface area contributed by atoms with Crippen LogP contribution in [0.15, 0.2) is 0 Å². The smallest absolute Gasteiger partial charge is 0.0499 e. The van der Waals surface area contributed by atoms with E-state index in [0.717, 1.165) is 25.9 Å². The molecule has 1 aliphatic rings. The molecule has 1 fully saturated rings. The lowest BCUT2D eigenvalue weighted by atomic mass is 9.79. The minimum Gasteiger partial charge on any atom is -0.396 e. The van der Waals surface area contributed by atoms with Crippen molar-refractivity contribution in [3.63, 3.8) is 0 Å². The van der Waals surface area contributed by atoms with Crippen LogP contribution in [0.5, 0.6) is 0 Å². The van der Waals surface area contributed by atoms with Gasteiger partial charge in [0.25, 0.3) is 0 Å². The first kappa shape index (κ1) is 15.9. The largest absolute Gasteiger partial charge is 0.396 e. The lowest BCUT2D eigenvalue weighted by Gasteiger charge is -2.39. The average Bonchev–Trinajstić information content (AvgIpc) is 2.39. The molecule has 0 aromatic heterocycles. The highest BCUT2D eigenvalue weighted by molar-refractivity contribution is 4.85. The normalized spacial score (nSPS) is 21.2. The van der Waals surface area contributed by atoms with Gasteiger partial charge in [-0.1, -0.05) is 20.8 Å². The summed E-state index contributed by atoms with van der Waals surface area (Å²) in [5.41, 5.74) is 0.525. The highest BCUT2D eigenvalue weighted by Crippen LogP contribution is 2.30. The van der Waals surface area contributed by atoms with Gasteiger partial charge in [0, 0.05) is 25.1 Å². The van der Waals surface area contributed by atoms with Crippen LogP contribution in [-0.2, 0) is 0 Å². The zero-order valence-electron chi connectivity index (χ0n) is 12.8. The van der Waals surface area contributed by atoms with Gasteiger partial charge in [-0.2, -0.15) is 0 Å². The molecule has 1 heterocycles. The number of aliphatic hydroxyl groups is 1. The molecular formula is C15H32N2O. The van der Waals surface area contributed by atoms with Gasteiger partial charge in [-0.15, -0.1) is 0 Å². The molecule has 108 valence electrons. The van der Waals surface area contributed by atoms with Crippen LogP contribution in [0.2, 0.25) is 0 Å². The van der Waals surface area contributed by atoms with Crippen LogP contribution in [0.1, 0.15) is 46.5 Å². The third kappa shape index (κ3) is 4.22. The zero-order valence-corrected chi connectivity index (χ0v) is 12.8. The van der Waals surface area contributed by atoms with Crippen LogP contribution in [0.3, 0.4) is 0 Å². The van der Waals surface area contributed by atoms with Gasteiger partial charge in [0.2, 0.25) is 0 Å². The highest BCUT2D eigenvalue weighted by atomic mass is 16.3. The Bertz CT molecular complexity index is 222. The minimum atomic E-state index is 0.0851. The molecule has 0 aromatic rings. The fraction of sp³-hybridized carbons (Fsp3) is 1.00. The number of hydrogen-bond donors (Lipinski definition) is 2. The number of aliphatic hydroxyl groups excluding tert-OH is 1. The van der Waals surface area contributed by atoms with E-state index in [2.05, 4.69) is 38.0 Å². The molecule has 18 heavy (non-hydrogen) atoms. The first-order valence-corrected chi connectivity index (χ1v) is 7.49. The topological polar surface area (TPSA) is 35.5 Å². The Kier molecular flexibility index (Phi) is 6.09. The Morgan fingerprint density at radius 2 is 1.78 bits per heavy atom. The maximum Gasteiger partial charge on any atom is 0.0499 e. The van der Waals surface area contributed by atoms with E-state index in [0.29, 0.717) is 12.0 Å². The number of likely N-dealkylation sites (tertiary alicyclic amines) is 1. The molecule has 0 atom stereocenters. The maximum atomic E-state index is 9.57. The molecule has 2 N–H and O–H groups in total. The summed E-state index contributed by atoms with van der Waals surface area (Å²) >= 11 is 0. The Hall–Kier alpha value is -0.120. The molecule has 0 bridgehead atoms. The number of rotatable bonds is 7. The van der Waals surface area contributed by atoms with E-state index in [-0.39, 0.29) is 5.41 Å². The van der Waals surface area contributed by atoms with Crippen molar-refractivity contribution in [2.24, 2.45) is 10.8 Å². The Labute approximate surface area is 113 Å². The third-order valence-corrected chi connectivity index (χ3v) is 5.08. The van der Waals surface area contributed by atoms with Gasteiger partial charge in [0.05, 0.1) is 0 Å². The van der Waals surface area contributed by atoms with E-state index in [9.17, 15) is 5.11 Å². The number of piperidine rings is 1. The lowest BCUT2D eigenvalue weighted by molar-refractivity contribution is 0.0971.